The van der Waals surface area contributed by atoms with Crippen LogP contribution in [0.3, 0.4) is 0 Å². The quantitative estimate of drug-likeness (QED) is 0.836. The molecule has 1 aromatic heterocycles. The fraction of sp³-hybridized carbons (Fsp3) is 0.450. The van der Waals surface area contributed by atoms with Gasteiger partial charge in [0.2, 0.25) is 11.8 Å². The zero-order chi connectivity index (χ0) is 17.8. The molecule has 1 saturated heterocycles. The zero-order valence-electron chi connectivity index (χ0n) is 15.6. The number of rotatable bonds is 5. The van der Waals surface area contributed by atoms with Gasteiger partial charge in [0.05, 0.1) is 14.2 Å². The predicted octanol–water partition coefficient (Wildman–Crippen LogP) is 3.04. The van der Waals surface area contributed by atoms with Crippen molar-refractivity contribution in [1.82, 2.24) is 9.88 Å². The third kappa shape index (κ3) is 4.04. The van der Waals surface area contributed by atoms with Gasteiger partial charge in [0.25, 0.3) is 0 Å². The van der Waals surface area contributed by atoms with Gasteiger partial charge in [0.15, 0.2) is 0 Å². The number of anilines is 1. The molecule has 0 atom stereocenters. The van der Waals surface area contributed by atoms with Crippen LogP contribution < -0.4 is 14.4 Å². The highest BCUT2D eigenvalue weighted by Crippen LogP contribution is 2.25. The van der Waals surface area contributed by atoms with Crippen LogP contribution in [0.5, 0.6) is 11.8 Å². The molecule has 5 nitrogen and oxygen atoms in total. The van der Waals surface area contributed by atoms with Gasteiger partial charge in [-0.1, -0.05) is 17.7 Å². The second kappa shape index (κ2) is 7.74. The van der Waals surface area contributed by atoms with Crippen molar-refractivity contribution >= 4 is 5.69 Å². The number of nitrogens with zero attached hydrogens (tertiary/aromatic N) is 3. The first-order valence-corrected chi connectivity index (χ1v) is 8.73. The minimum Gasteiger partial charge on any atom is -0.481 e. The topological polar surface area (TPSA) is 37.8 Å². The molecule has 3 rings (SSSR count). The highest BCUT2D eigenvalue weighted by molar-refractivity contribution is 5.54. The molecule has 0 radical (unpaired) electrons. The molecule has 134 valence electrons. The Labute approximate surface area is 150 Å². The molecule has 0 aliphatic carbocycles. The third-order valence-corrected chi connectivity index (χ3v) is 4.78. The van der Waals surface area contributed by atoms with Gasteiger partial charge in [-0.15, -0.1) is 0 Å². The molecule has 25 heavy (non-hydrogen) atoms. The van der Waals surface area contributed by atoms with Crippen molar-refractivity contribution < 1.29 is 9.47 Å². The van der Waals surface area contributed by atoms with E-state index in [-0.39, 0.29) is 0 Å². The fourth-order valence-electron chi connectivity index (χ4n) is 3.41. The van der Waals surface area contributed by atoms with Crippen LogP contribution in [0.25, 0.3) is 0 Å². The number of piperazine rings is 1. The molecule has 0 amide bonds. The van der Waals surface area contributed by atoms with Gasteiger partial charge in [-0.2, -0.15) is 4.98 Å². The standard InChI is InChI=1S/C20H27N3O2/c1-15-5-7-18(16(2)13-15)23-11-9-22(10-12-23)14-17-6-8-19(24-3)21-20(17)25-4/h5-8,13H,9-12,14H2,1-4H3. The fourth-order valence-corrected chi connectivity index (χ4v) is 3.41. The molecule has 1 fully saturated rings. The van der Waals surface area contributed by atoms with E-state index in [0.29, 0.717) is 11.8 Å². The van der Waals surface area contributed by atoms with E-state index in [2.05, 4.69) is 46.8 Å². The smallest absolute Gasteiger partial charge is 0.220 e. The van der Waals surface area contributed by atoms with Gasteiger partial charge in [-0.05, 0) is 31.5 Å². The first-order valence-electron chi connectivity index (χ1n) is 8.73. The van der Waals surface area contributed by atoms with Crippen LogP contribution in [0.15, 0.2) is 30.3 Å². The number of aromatic nitrogens is 1. The minimum absolute atomic E-state index is 0.584. The van der Waals surface area contributed by atoms with Crippen molar-refractivity contribution in [2.24, 2.45) is 0 Å². The maximum atomic E-state index is 5.42. The molecule has 5 heteroatoms. The molecule has 0 bridgehead atoms. The molecule has 2 heterocycles. The number of benzene rings is 1. The summed E-state index contributed by atoms with van der Waals surface area (Å²) in [5, 5.41) is 0. The predicted molar refractivity (Wildman–Crippen MR) is 101 cm³/mol. The molecule has 0 saturated carbocycles. The van der Waals surface area contributed by atoms with Crippen molar-refractivity contribution in [2.75, 3.05) is 45.3 Å². The van der Waals surface area contributed by atoms with Crippen LogP contribution in [0.4, 0.5) is 5.69 Å². The van der Waals surface area contributed by atoms with E-state index in [9.17, 15) is 0 Å². The number of hydrogen-bond acceptors (Lipinski definition) is 5. The first kappa shape index (κ1) is 17.5. The molecule has 0 unspecified atom stereocenters. The van der Waals surface area contributed by atoms with Crippen molar-refractivity contribution in [1.29, 1.82) is 0 Å². The van der Waals surface area contributed by atoms with E-state index in [1.807, 2.05) is 12.1 Å². The summed E-state index contributed by atoms with van der Waals surface area (Å²) in [6.45, 7) is 9.32. The summed E-state index contributed by atoms with van der Waals surface area (Å²) in [5.41, 5.74) is 5.13. The minimum atomic E-state index is 0.584. The van der Waals surface area contributed by atoms with Crippen molar-refractivity contribution in [3.63, 3.8) is 0 Å². The lowest BCUT2D eigenvalue weighted by Gasteiger charge is -2.37. The number of pyridine rings is 1. The average Bonchev–Trinajstić information content (AvgIpc) is 2.63. The highest BCUT2D eigenvalue weighted by Gasteiger charge is 2.20. The summed E-state index contributed by atoms with van der Waals surface area (Å²) >= 11 is 0. The Hall–Kier alpha value is -2.27. The summed E-state index contributed by atoms with van der Waals surface area (Å²) in [6.07, 6.45) is 0. The normalized spacial score (nSPS) is 15.3. The SMILES string of the molecule is COc1ccc(CN2CCN(c3ccc(C)cc3C)CC2)c(OC)n1. The Balaban J connectivity index is 1.63. The van der Waals surface area contributed by atoms with Gasteiger partial charge in [-0.25, -0.2) is 0 Å². The molecular weight excluding hydrogens is 314 g/mol. The molecular formula is C20H27N3O2. The maximum Gasteiger partial charge on any atom is 0.220 e. The van der Waals surface area contributed by atoms with Gasteiger partial charge >= 0.3 is 0 Å². The molecule has 0 N–H and O–H groups in total. The van der Waals surface area contributed by atoms with E-state index in [0.717, 1.165) is 38.3 Å². The second-order valence-electron chi connectivity index (χ2n) is 6.58. The average molecular weight is 341 g/mol. The van der Waals surface area contributed by atoms with Gasteiger partial charge in [0.1, 0.15) is 0 Å². The molecule has 2 aromatic rings. The lowest BCUT2D eigenvalue weighted by Crippen LogP contribution is -2.46. The van der Waals surface area contributed by atoms with Crippen LogP contribution in [0.2, 0.25) is 0 Å². The Bertz CT molecular complexity index is 725. The van der Waals surface area contributed by atoms with Crippen molar-refractivity contribution in [2.45, 2.75) is 20.4 Å². The summed E-state index contributed by atoms with van der Waals surface area (Å²) in [7, 11) is 3.27. The van der Waals surface area contributed by atoms with Crippen molar-refractivity contribution in [3.05, 3.63) is 47.0 Å². The molecule has 0 spiro atoms. The van der Waals surface area contributed by atoms with Crippen LogP contribution >= 0.6 is 0 Å². The van der Waals surface area contributed by atoms with Crippen LogP contribution in [0, 0.1) is 13.8 Å². The van der Waals surface area contributed by atoms with E-state index < -0.39 is 0 Å². The zero-order valence-corrected chi connectivity index (χ0v) is 15.6. The van der Waals surface area contributed by atoms with Gasteiger partial charge < -0.3 is 14.4 Å². The molecule has 1 aliphatic rings. The summed E-state index contributed by atoms with van der Waals surface area (Å²) in [4.78, 5) is 9.31. The Kier molecular flexibility index (Phi) is 5.43. The number of aryl methyl sites for hydroxylation is 2. The van der Waals surface area contributed by atoms with Gasteiger partial charge in [-0.3, -0.25) is 4.90 Å². The lowest BCUT2D eigenvalue weighted by atomic mass is 10.1. The first-order chi connectivity index (χ1) is 12.1. The van der Waals surface area contributed by atoms with Crippen molar-refractivity contribution in [3.8, 4) is 11.8 Å². The van der Waals surface area contributed by atoms with E-state index in [1.165, 1.54) is 16.8 Å². The van der Waals surface area contributed by atoms with Crippen LogP contribution in [-0.4, -0.2) is 50.3 Å². The molecule has 1 aromatic carbocycles. The Morgan fingerprint density at radius 1 is 0.960 bits per heavy atom. The maximum absolute atomic E-state index is 5.42. The molecule has 1 aliphatic heterocycles. The Morgan fingerprint density at radius 3 is 2.36 bits per heavy atom. The summed E-state index contributed by atoms with van der Waals surface area (Å²) in [6, 6.07) is 10.6. The highest BCUT2D eigenvalue weighted by atomic mass is 16.5. The van der Waals surface area contributed by atoms with Crippen LogP contribution in [-0.2, 0) is 6.54 Å². The lowest BCUT2D eigenvalue weighted by molar-refractivity contribution is 0.244. The summed E-state index contributed by atoms with van der Waals surface area (Å²) < 4.78 is 10.6. The third-order valence-electron chi connectivity index (χ3n) is 4.78. The number of hydrogen-bond donors (Lipinski definition) is 0. The monoisotopic (exact) mass is 341 g/mol. The van der Waals surface area contributed by atoms with E-state index >= 15 is 0 Å². The summed E-state index contributed by atoms with van der Waals surface area (Å²) in [5.74, 6) is 1.23. The second-order valence-corrected chi connectivity index (χ2v) is 6.58. The number of ether oxygens (including phenoxy) is 2. The Morgan fingerprint density at radius 2 is 1.72 bits per heavy atom. The van der Waals surface area contributed by atoms with Gasteiger partial charge in [0, 0.05) is 50.0 Å². The van der Waals surface area contributed by atoms with Crippen LogP contribution in [0.1, 0.15) is 16.7 Å². The largest absolute Gasteiger partial charge is 0.481 e. The number of methoxy groups -OCH3 is 2. The van der Waals surface area contributed by atoms with E-state index in [1.54, 1.807) is 14.2 Å². The van der Waals surface area contributed by atoms with E-state index in [4.69, 9.17) is 9.47 Å².